The largest absolute Gasteiger partial charge is 0.347 e. The minimum Gasteiger partial charge on any atom is -0.347 e. The number of hydrogen-bond acceptors (Lipinski definition) is 3. The Kier molecular flexibility index (Phi) is 3.47. The summed E-state index contributed by atoms with van der Waals surface area (Å²) >= 11 is 0. The number of carbonyl (C=O) groups is 1. The number of amides is 1. The number of hydrogen-bond donors (Lipinski definition) is 1. The fourth-order valence-electron chi connectivity index (χ4n) is 2.47. The van der Waals surface area contributed by atoms with Crippen LogP contribution in [-0.2, 0) is 11.8 Å². The van der Waals surface area contributed by atoms with Crippen LogP contribution in [0.5, 0.6) is 0 Å². The lowest BCUT2D eigenvalue weighted by Gasteiger charge is -2.31. The van der Waals surface area contributed by atoms with E-state index in [9.17, 15) is 4.79 Å². The van der Waals surface area contributed by atoms with Crippen molar-refractivity contribution < 1.29 is 4.79 Å². The van der Waals surface area contributed by atoms with Gasteiger partial charge in [-0.25, -0.2) is 0 Å². The van der Waals surface area contributed by atoms with Gasteiger partial charge in [-0.3, -0.25) is 9.48 Å². The third-order valence-electron chi connectivity index (χ3n) is 3.42. The van der Waals surface area contributed by atoms with Crippen LogP contribution in [0.4, 0.5) is 0 Å². The van der Waals surface area contributed by atoms with E-state index >= 15 is 0 Å². The number of nitrogens with one attached hydrogen (secondary N) is 1. The highest BCUT2D eigenvalue weighted by Crippen LogP contribution is 2.27. The molecule has 17 heavy (non-hydrogen) atoms. The maximum Gasteiger partial charge on any atom is 0.239 e. The van der Waals surface area contributed by atoms with Crippen LogP contribution < -0.4 is 5.32 Å². The molecular formula is C12H20N4O. The first-order valence-electron chi connectivity index (χ1n) is 6.02. The summed E-state index contributed by atoms with van der Waals surface area (Å²) in [5, 5.41) is 7.49. The Bertz CT molecular complexity index is 399. The maximum atomic E-state index is 11.9. The third-order valence-corrected chi connectivity index (χ3v) is 3.42. The van der Waals surface area contributed by atoms with Gasteiger partial charge in [0, 0.05) is 39.0 Å². The fourth-order valence-corrected chi connectivity index (χ4v) is 2.47. The molecule has 5 heteroatoms. The molecule has 0 bridgehead atoms. The Morgan fingerprint density at radius 2 is 2.35 bits per heavy atom. The zero-order chi connectivity index (χ0) is 12.4. The van der Waals surface area contributed by atoms with Crippen LogP contribution in [0.15, 0.2) is 12.3 Å². The second-order valence-corrected chi connectivity index (χ2v) is 4.84. The van der Waals surface area contributed by atoms with Crippen LogP contribution in [0, 0.1) is 0 Å². The Morgan fingerprint density at radius 1 is 1.59 bits per heavy atom. The molecule has 1 saturated heterocycles. The molecule has 0 radical (unpaired) electrons. The predicted molar refractivity (Wildman–Crippen MR) is 65.7 cm³/mol. The summed E-state index contributed by atoms with van der Waals surface area (Å²) in [4.78, 5) is 13.6. The molecule has 2 atom stereocenters. The van der Waals surface area contributed by atoms with E-state index in [4.69, 9.17) is 0 Å². The van der Waals surface area contributed by atoms with E-state index in [1.54, 1.807) is 19.0 Å². The van der Waals surface area contributed by atoms with Crippen molar-refractivity contribution in [3.63, 3.8) is 0 Å². The second kappa shape index (κ2) is 4.87. The van der Waals surface area contributed by atoms with Gasteiger partial charge in [-0.15, -0.1) is 0 Å². The average molecular weight is 236 g/mol. The van der Waals surface area contributed by atoms with Gasteiger partial charge in [0.05, 0.1) is 6.04 Å². The molecule has 1 N–H and O–H groups in total. The average Bonchev–Trinajstić information content (AvgIpc) is 2.74. The van der Waals surface area contributed by atoms with Gasteiger partial charge >= 0.3 is 0 Å². The van der Waals surface area contributed by atoms with Gasteiger partial charge in [-0.05, 0) is 25.5 Å². The fraction of sp³-hybridized carbons (Fsp3) is 0.667. The molecule has 0 aliphatic carbocycles. The number of rotatable bonds is 2. The molecule has 1 aliphatic heterocycles. The molecular weight excluding hydrogens is 216 g/mol. The molecule has 5 nitrogen and oxygen atoms in total. The lowest BCUT2D eigenvalue weighted by atomic mass is 9.89. The molecule has 2 rings (SSSR count). The number of carbonyl (C=O) groups excluding carboxylic acids is 1. The first kappa shape index (κ1) is 12.1. The van der Waals surface area contributed by atoms with Crippen molar-refractivity contribution in [1.82, 2.24) is 20.0 Å². The molecule has 94 valence electrons. The molecule has 2 heterocycles. The molecule has 2 unspecified atom stereocenters. The van der Waals surface area contributed by atoms with Gasteiger partial charge in [0.25, 0.3) is 0 Å². The normalized spacial score (nSPS) is 24.6. The number of aromatic nitrogens is 2. The van der Waals surface area contributed by atoms with Gasteiger partial charge in [-0.1, -0.05) is 0 Å². The molecule has 1 aliphatic rings. The molecule has 1 aromatic rings. The topological polar surface area (TPSA) is 50.2 Å². The van der Waals surface area contributed by atoms with Crippen molar-refractivity contribution in [2.75, 3.05) is 20.6 Å². The van der Waals surface area contributed by atoms with Crippen molar-refractivity contribution in [3.8, 4) is 0 Å². The standard InChI is InChI=1S/C12H20N4O/c1-15(2)12(17)10-8-9(4-6-13-10)11-5-7-14-16(11)3/h5,7,9-10,13H,4,6,8H2,1-3H3. The smallest absolute Gasteiger partial charge is 0.239 e. The van der Waals surface area contributed by atoms with Crippen molar-refractivity contribution in [2.24, 2.45) is 7.05 Å². The summed E-state index contributed by atoms with van der Waals surface area (Å²) in [5.41, 5.74) is 1.23. The molecule has 0 saturated carbocycles. The first-order chi connectivity index (χ1) is 8.09. The zero-order valence-electron chi connectivity index (χ0n) is 10.7. The van der Waals surface area contributed by atoms with E-state index in [0.29, 0.717) is 5.92 Å². The number of aryl methyl sites for hydroxylation is 1. The molecule has 0 aromatic carbocycles. The highest BCUT2D eigenvalue weighted by Gasteiger charge is 2.29. The summed E-state index contributed by atoms with van der Waals surface area (Å²) in [7, 11) is 5.57. The van der Waals surface area contributed by atoms with E-state index in [1.165, 1.54) is 5.69 Å². The van der Waals surface area contributed by atoms with Crippen LogP contribution in [-0.4, -0.2) is 47.3 Å². The van der Waals surface area contributed by atoms with Crippen molar-refractivity contribution in [1.29, 1.82) is 0 Å². The second-order valence-electron chi connectivity index (χ2n) is 4.84. The third kappa shape index (κ3) is 2.49. The van der Waals surface area contributed by atoms with Gasteiger partial charge in [0.15, 0.2) is 0 Å². The molecule has 1 aromatic heterocycles. The van der Waals surface area contributed by atoms with E-state index in [-0.39, 0.29) is 11.9 Å². The lowest BCUT2D eigenvalue weighted by molar-refractivity contribution is -0.131. The summed E-state index contributed by atoms with van der Waals surface area (Å²) in [5.74, 6) is 0.592. The highest BCUT2D eigenvalue weighted by molar-refractivity contribution is 5.81. The predicted octanol–water partition coefficient (Wildman–Crippen LogP) is 0.344. The highest BCUT2D eigenvalue weighted by atomic mass is 16.2. The molecule has 1 amide bonds. The van der Waals surface area contributed by atoms with E-state index in [2.05, 4.69) is 10.4 Å². The molecule has 1 fully saturated rings. The summed E-state index contributed by atoms with van der Waals surface area (Å²) in [6, 6.07) is 1.99. The quantitative estimate of drug-likeness (QED) is 0.806. The Hall–Kier alpha value is -1.36. The Labute approximate surface area is 102 Å². The van der Waals surface area contributed by atoms with Crippen molar-refractivity contribution in [3.05, 3.63) is 18.0 Å². The monoisotopic (exact) mass is 236 g/mol. The number of piperidine rings is 1. The Balaban J connectivity index is 2.08. The Morgan fingerprint density at radius 3 is 2.94 bits per heavy atom. The van der Waals surface area contributed by atoms with Crippen molar-refractivity contribution >= 4 is 5.91 Å². The minimum absolute atomic E-state index is 0.0568. The van der Waals surface area contributed by atoms with E-state index in [1.807, 2.05) is 24.0 Å². The van der Waals surface area contributed by atoms with Crippen LogP contribution in [0.2, 0.25) is 0 Å². The number of nitrogens with zero attached hydrogens (tertiary/aromatic N) is 3. The SMILES string of the molecule is CN(C)C(=O)C1CC(c2ccnn2C)CCN1. The zero-order valence-corrected chi connectivity index (χ0v) is 10.7. The van der Waals surface area contributed by atoms with Crippen LogP contribution in [0.3, 0.4) is 0 Å². The number of likely N-dealkylation sites (N-methyl/N-ethyl adjacent to an activating group) is 1. The van der Waals surface area contributed by atoms with Crippen molar-refractivity contribution in [2.45, 2.75) is 24.8 Å². The molecule has 0 spiro atoms. The van der Waals surface area contributed by atoms with Gasteiger partial charge in [0.1, 0.15) is 0 Å². The van der Waals surface area contributed by atoms with Gasteiger partial charge in [-0.2, -0.15) is 5.10 Å². The summed E-state index contributed by atoms with van der Waals surface area (Å²) in [6.07, 6.45) is 3.74. The first-order valence-corrected chi connectivity index (χ1v) is 6.02. The maximum absolute atomic E-state index is 11.9. The van der Waals surface area contributed by atoms with Crippen LogP contribution >= 0.6 is 0 Å². The van der Waals surface area contributed by atoms with E-state index in [0.717, 1.165) is 19.4 Å². The lowest BCUT2D eigenvalue weighted by Crippen LogP contribution is -2.48. The van der Waals surface area contributed by atoms with Gasteiger partial charge in [0.2, 0.25) is 5.91 Å². The van der Waals surface area contributed by atoms with E-state index < -0.39 is 0 Å². The minimum atomic E-state index is -0.0568. The van der Waals surface area contributed by atoms with Gasteiger partial charge < -0.3 is 10.2 Å². The summed E-state index contributed by atoms with van der Waals surface area (Å²) in [6.45, 7) is 0.889. The summed E-state index contributed by atoms with van der Waals surface area (Å²) < 4.78 is 1.91. The van der Waals surface area contributed by atoms with Crippen LogP contribution in [0.25, 0.3) is 0 Å². The van der Waals surface area contributed by atoms with Crippen LogP contribution in [0.1, 0.15) is 24.5 Å².